The number of hydrogen-bond acceptors (Lipinski definition) is 3. The summed E-state index contributed by atoms with van der Waals surface area (Å²) in [6, 6.07) is 13.1. The van der Waals surface area contributed by atoms with Crippen LogP contribution < -0.4 is 21.7 Å². The topological polar surface area (TPSA) is 113 Å². The van der Waals surface area contributed by atoms with E-state index in [1.807, 2.05) is 19.1 Å². The zero-order valence-electron chi connectivity index (χ0n) is 15.0. The maximum atomic E-state index is 12.5. The van der Waals surface area contributed by atoms with Crippen molar-refractivity contribution in [2.75, 3.05) is 10.6 Å². The van der Waals surface area contributed by atoms with E-state index in [1.165, 1.54) is 0 Å². The largest absolute Gasteiger partial charge is 0.351 e. The monoisotopic (exact) mass is 366 g/mol. The quantitative estimate of drug-likeness (QED) is 0.630. The highest BCUT2D eigenvalue weighted by molar-refractivity contribution is 5.98. The summed E-state index contributed by atoms with van der Waals surface area (Å²) in [6.45, 7) is 1.87. The normalized spacial score (nSPS) is 14.1. The molecule has 2 aromatic carbocycles. The van der Waals surface area contributed by atoms with Crippen LogP contribution in [0.1, 0.15) is 41.7 Å². The molecule has 140 valence electrons. The minimum absolute atomic E-state index is 0.00517. The standard InChI is InChI=1S/C20H22N4O3/c1-12(13-7-9-16(10-8-13)24-20(21)27)22-19(26)15-3-2-4-17(11-15)23-18(25)14-5-6-14/h2-4,7-12,14H,5-6H2,1H3,(H,22,26)(H,23,25)(H3,21,24,27). The van der Waals surface area contributed by atoms with Gasteiger partial charge in [-0.15, -0.1) is 0 Å². The number of carbonyl (C=O) groups is 3. The van der Waals surface area contributed by atoms with Gasteiger partial charge in [0.05, 0.1) is 6.04 Å². The molecule has 1 atom stereocenters. The van der Waals surface area contributed by atoms with Gasteiger partial charge in [0.25, 0.3) is 5.91 Å². The predicted molar refractivity (Wildman–Crippen MR) is 103 cm³/mol. The van der Waals surface area contributed by atoms with Crippen molar-refractivity contribution < 1.29 is 14.4 Å². The van der Waals surface area contributed by atoms with Crippen molar-refractivity contribution in [3.63, 3.8) is 0 Å². The number of urea groups is 1. The van der Waals surface area contributed by atoms with E-state index in [0.717, 1.165) is 18.4 Å². The van der Waals surface area contributed by atoms with Crippen LogP contribution >= 0.6 is 0 Å². The molecule has 27 heavy (non-hydrogen) atoms. The summed E-state index contributed by atoms with van der Waals surface area (Å²) in [5, 5.41) is 8.26. The fourth-order valence-corrected chi connectivity index (χ4v) is 2.69. The second-order valence-electron chi connectivity index (χ2n) is 6.65. The van der Waals surface area contributed by atoms with Crippen molar-refractivity contribution in [3.8, 4) is 0 Å². The van der Waals surface area contributed by atoms with Crippen molar-refractivity contribution in [1.82, 2.24) is 5.32 Å². The van der Waals surface area contributed by atoms with Gasteiger partial charge in [0.15, 0.2) is 0 Å². The SMILES string of the molecule is CC(NC(=O)c1cccc(NC(=O)C2CC2)c1)c1ccc(NC(N)=O)cc1. The van der Waals surface area contributed by atoms with Crippen LogP contribution in [0.5, 0.6) is 0 Å². The van der Waals surface area contributed by atoms with E-state index in [0.29, 0.717) is 16.9 Å². The van der Waals surface area contributed by atoms with Gasteiger partial charge in [-0.05, 0) is 55.7 Å². The summed E-state index contributed by atoms with van der Waals surface area (Å²) in [6.07, 6.45) is 1.86. The third-order valence-electron chi connectivity index (χ3n) is 4.37. The Hall–Kier alpha value is -3.35. The van der Waals surface area contributed by atoms with E-state index in [2.05, 4.69) is 16.0 Å². The molecule has 0 bridgehead atoms. The molecule has 7 nitrogen and oxygen atoms in total. The zero-order valence-corrected chi connectivity index (χ0v) is 15.0. The molecule has 0 aliphatic heterocycles. The lowest BCUT2D eigenvalue weighted by molar-refractivity contribution is -0.117. The van der Waals surface area contributed by atoms with Gasteiger partial charge >= 0.3 is 6.03 Å². The molecular formula is C20H22N4O3. The molecule has 1 fully saturated rings. The number of anilines is 2. The number of carbonyl (C=O) groups excluding carboxylic acids is 3. The number of nitrogens with two attached hydrogens (primary N) is 1. The van der Waals surface area contributed by atoms with Crippen molar-refractivity contribution >= 4 is 29.2 Å². The average Bonchev–Trinajstić information content (AvgIpc) is 3.47. The molecule has 4 amide bonds. The molecule has 1 unspecified atom stereocenters. The third kappa shape index (κ3) is 5.07. The number of hydrogen-bond donors (Lipinski definition) is 4. The van der Waals surface area contributed by atoms with Gasteiger partial charge < -0.3 is 21.7 Å². The highest BCUT2D eigenvalue weighted by Crippen LogP contribution is 2.30. The summed E-state index contributed by atoms with van der Waals surface area (Å²) >= 11 is 0. The smallest absolute Gasteiger partial charge is 0.316 e. The molecule has 5 N–H and O–H groups in total. The lowest BCUT2D eigenvalue weighted by Gasteiger charge is -2.15. The van der Waals surface area contributed by atoms with Crippen LogP contribution in [0, 0.1) is 5.92 Å². The van der Waals surface area contributed by atoms with E-state index in [1.54, 1.807) is 36.4 Å². The van der Waals surface area contributed by atoms with E-state index in [4.69, 9.17) is 5.73 Å². The highest BCUT2D eigenvalue weighted by Gasteiger charge is 2.29. The number of nitrogens with one attached hydrogen (secondary N) is 3. The van der Waals surface area contributed by atoms with Gasteiger partial charge in [-0.3, -0.25) is 9.59 Å². The second-order valence-corrected chi connectivity index (χ2v) is 6.65. The van der Waals surface area contributed by atoms with Crippen molar-refractivity contribution in [3.05, 3.63) is 59.7 Å². The van der Waals surface area contributed by atoms with Crippen molar-refractivity contribution in [2.24, 2.45) is 11.7 Å². The lowest BCUT2D eigenvalue weighted by Crippen LogP contribution is -2.26. The number of benzene rings is 2. The molecule has 3 rings (SSSR count). The molecule has 0 aromatic heterocycles. The van der Waals surface area contributed by atoms with E-state index < -0.39 is 6.03 Å². The summed E-state index contributed by atoms with van der Waals surface area (Å²) in [5.41, 5.74) is 7.65. The van der Waals surface area contributed by atoms with E-state index in [9.17, 15) is 14.4 Å². The molecule has 0 radical (unpaired) electrons. The highest BCUT2D eigenvalue weighted by atomic mass is 16.2. The minimum atomic E-state index is -0.627. The van der Waals surface area contributed by atoms with E-state index >= 15 is 0 Å². The maximum Gasteiger partial charge on any atom is 0.316 e. The van der Waals surface area contributed by atoms with Gasteiger partial charge in [-0.1, -0.05) is 18.2 Å². The molecule has 7 heteroatoms. The first-order valence-electron chi connectivity index (χ1n) is 8.80. The van der Waals surface area contributed by atoms with Crippen LogP contribution in [0.2, 0.25) is 0 Å². The Bertz CT molecular complexity index is 860. The second kappa shape index (κ2) is 7.90. The van der Waals surface area contributed by atoms with Gasteiger partial charge in [0, 0.05) is 22.9 Å². The van der Waals surface area contributed by atoms with Gasteiger partial charge in [0.2, 0.25) is 5.91 Å². The first kappa shape index (κ1) is 18.4. The maximum absolute atomic E-state index is 12.5. The van der Waals surface area contributed by atoms with Crippen LogP contribution in [-0.2, 0) is 4.79 Å². The Morgan fingerprint density at radius 1 is 1.00 bits per heavy atom. The number of rotatable bonds is 6. The lowest BCUT2D eigenvalue weighted by atomic mass is 10.1. The Morgan fingerprint density at radius 3 is 2.33 bits per heavy atom. The van der Waals surface area contributed by atoms with Crippen molar-refractivity contribution in [2.45, 2.75) is 25.8 Å². The Morgan fingerprint density at radius 2 is 1.70 bits per heavy atom. The summed E-state index contributed by atoms with van der Waals surface area (Å²) in [7, 11) is 0. The summed E-state index contributed by atoms with van der Waals surface area (Å²) in [5.74, 6) is -0.121. The van der Waals surface area contributed by atoms with Crippen LogP contribution in [0.15, 0.2) is 48.5 Å². The molecule has 1 aliphatic carbocycles. The molecule has 1 aliphatic rings. The molecular weight excluding hydrogens is 344 g/mol. The van der Waals surface area contributed by atoms with E-state index in [-0.39, 0.29) is 23.8 Å². The fraction of sp³-hybridized carbons (Fsp3) is 0.250. The number of amides is 4. The molecule has 0 spiro atoms. The fourth-order valence-electron chi connectivity index (χ4n) is 2.69. The Kier molecular flexibility index (Phi) is 5.40. The molecule has 0 heterocycles. The van der Waals surface area contributed by atoms with Gasteiger partial charge in [0.1, 0.15) is 0 Å². The molecule has 1 saturated carbocycles. The van der Waals surface area contributed by atoms with Crippen LogP contribution in [0.4, 0.5) is 16.2 Å². The molecule has 0 saturated heterocycles. The Balaban J connectivity index is 1.62. The van der Waals surface area contributed by atoms with Crippen LogP contribution in [-0.4, -0.2) is 17.8 Å². The number of primary amides is 1. The van der Waals surface area contributed by atoms with Crippen LogP contribution in [0.25, 0.3) is 0 Å². The summed E-state index contributed by atoms with van der Waals surface area (Å²) in [4.78, 5) is 35.2. The van der Waals surface area contributed by atoms with Gasteiger partial charge in [-0.2, -0.15) is 0 Å². The minimum Gasteiger partial charge on any atom is -0.351 e. The zero-order chi connectivity index (χ0) is 19.4. The van der Waals surface area contributed by atoms with Crippen molar-refractivity contribution in [1.29, 1.82) is 0 Å². The third-order valence-corrected chi connectivity index (χ3v) is 4.37. The van der Waals surface area contributed by atoms with Crippen LogP contribution in [0.3, 0.4) is 0 Å². The van der Waals surface area contributed by atoms with Gasteiger partial charge in [-0.25, -0.2) is 4.79 Å². The average molecular weight is 366 g/mol. The first-order chi connectivity index (χ1) is 12.9. The Labute approximate surface area is 157 Å². The first-order valence-corrected chi connectivity index (χ1v) is 8.80. The molecule has 2 aromatic rings. The predicted octanol–water partition coefficient (Wildman–Crippen LogP) is 3.02. The summed E-state index contributed by atoms with van der Waals surface area (Å²) < 4.78 is 0.